The van der Waals surface area contributed by atoms with Gasteiger partial charge in [-0.25, -0.2) is 0 Å². The molecule has 0 aliphatic carbocycles. The van der Waals surface area contributed by atoms with E-state index >= 15 is 0 Å². The molecule has 1 aromatic heterocycles. The fourth-order valence-electron chi connectivity index (χ4n) is 2.49. The maximum Gasteiger partial charge on any atom is 0.170 e. The third-order valence-corrected chi connectivity index (χ3v) is 5.53. The molecular formula is C13H19BrN2O2S. The largest absolute Gasteiger partial charge is 0.349 e. The minimum atomic E-state index is -0.00186. The highest BCUT2D eigenvalue weighted by atomic mass is 79.9. The molecule has 0 aromatic carbocycles. The standard InChI is InChI=1S/C13H19BrN2O2S/c14-11-1-8-19-12(11)9-15-2-4-16(5-3-15)10-13-17-6-7-18-13/h1,8,13H,2-7,9-10H2. The Morgan fingerprint density at radius 1 is 1.16 bits per heavy atom. The highest BCUT2D eigenvalue weighted by Crippen LogP contribution is 2.24. The van der Waals surface area contributed by atoms with Gasteiger partial charge in [0.25, 0.3) is 0 Å². The zero-order chi connectivity index (χ0) is 13.1. The van der Waals surface area contributed by atoms with Gasteiger partial charge < -0.3 is 9.47 Å². The van der Waals surface area contributed by atoms with Crippen molar-refractivity contribution in [3.63, 3.8) is 0 Å². The van der Waals surface area contributed by atoms with Gasteiger partial charge in [0, 0.05) is 48.6 Å². The first kappa shape index (κ1) is 14.0. The molecule has 3 rings (SSSR count). The van der Waals surface area contributed by atoms with E-state index < -0.39 is 0 Å². The summed E-state index contributed by atoms with van der Waals surface area (Å²) in [5.74, 6) is 0. The molecule has 0 saturated carbocycles. The lowest BCUT2D eigenvalue weighted by molar-refractivity contribution is -0.0678. The minimum Gasteiger partial charge on any atom is -0.349 e. The van der Waals surface area contributed by atoms with E-state index in [-0.39, 0.29) is 6.29 Å². The quantitative estimate of drug-likeness (QED) is 0.832. The summed E-state index contributed by atoms with van der Waals surface area (Å²) in [6.07, 6.45) is -0.00186. The molecule has 3 heterocycles. The van der Waals surface area contributed by atoms with Gasteiger partial charge in [0.1, 0.15) is 0 Å². The van der Waals surface area contributed by atoms with E-state index in [1.54, 1.807) is 0 Å². The first-order valence-corrected chi connectivity index (χ1v) is 8.38. The Labute approximate surface area is 126 Å². The highest BCUT2D eigenvalue weighted by Gasteiger charge is 2.23. The number of piperazine rings is 1. The maximum absolute atomic E-state index is 5.50. The molecule has 2 fully saturated rings. The molecule has 1 aromatic rings. The van der Waals surface area contributed by atoms with Crippen LogP contribution in [0.5, 0.6) is 0 Å². The molecule has 2 aliphatic rings. The van der Waals surface area contributed by atoms with Crippen LogP contribution in [0.25, 0.3) is 0 Å². The van der Waals surface area contributed by atoms with Crippen molar-refractivity contribution in [1.82, 2.24) is 9.80 Å². The van der Waals surface area contributed by atoms with Crippen molar-refractivity contribution in [2.75, 3.05) is 45.9 Å². The summed E-state index contributed by atoms with van der Waals surface area (Å²) in [4.78, 5) is 6.38. The molecule has 0 bridgehead atoms. The molecule has 2 saturated heterocycles. The number of rotatable bonds is 4. The normalized spacial score (nSPS) is 23.2. The summed E-state index contributed by atoms with van der Waals surface area (Å²) in [7, 11) is 0. The van der Waals surface area contributed by atoms with E-state index in [0.29, 0.717) is 0 Å². The van der Waals surface area contributed by atoms with Crippen molar-refractivity contribution in [3.8, 4) is 0 Å². The first-order chi connectivity index (χ1) is 9.31. The van der Waals surface area contributed by atoms with Crippen LogP contribution in [0, 0.1) is 0 Å². The lowest BCUT2D eigenvalue weighted by Gasteiger charge is -2.35. The van der Waals surface area contributed by atoms with E-state index in [1.165, 1.54) is 9.35 Å². The number of thiophene rings is 1. The Morgan fingerprint density at radius 3 is 2.47 bits per heavy atom. The van der Waals surface area contributed by atoms with Crippen molar-refractivity contribution < 1.29 is 9.47 Å². The van der Waals surface area contributed by atoms with E-state index in [1.807, 2.05) is 11.3 Å². The Hall–Kier alpha value is 0.0200. The van der Waals surface area contributed by atoms with Crippen molar-refractivity contribution >= 4 is 27.3 Å². The smallest absolute Gasteiger partial charge is 0.170 e. The van der Waals surface area contributed by atoms with Crippen LogP contribution in [-0.4, -0.2) is 62.0 Å². The fourth-order valence-corrected chi connectivity index (χ4v) is 4.01. The molecule has 0 radical (unpaired) electrons. The first-order valence-electron chi connectivity index (χ1n) is 6.71. The Balaban J connectivity index is 1.43. The summed E-state index contributed by atoms with van der Waals surface area (Å²) in [6, 6.07) is 2.13. The molecule has 0 unspecified atom stereocenters. The van der Waals surface area contributed by atoms with Crippen LogP contribution in [-0.2, 0) is 16.0 Å². The van der Waals surface area contributed by atoms with Crippen LogP contribution >= 0.6 is 27.3 Å². The van der Waals surface area contributed by atoms with Crippen molar-refractivity contribution in [1.29, 1.82) is 0 Å². The molecule has 0 N–H and O–H groups in total. The van der Waals surface area contributed by atoms with E-state index in [9.17, 15) is 0 Å². The zero-order valence-electron chi connectivity index (χ0n) is 10.9. The number of halogens is 1. The number of nitrogens with zero attached hydrogens (tertiary/aromatic N) is 2. The van der Waals surface area contributed by atoms with Gasteiger partial charge in [0.05, 0.1) is 13.2 Å². The lowest BCUT2D eigenvalue weighted by atomic mass is 10.3. The van der Waals surface area contributed by atoms with E-state index in [0.717, 1.165) is 52.5 Å². The maximum atomic E-state index is 5.50. The average Bonchev–Trinajstić information content (AvgIpc) is 3.05. The molecule has 0 atom stereocenters. The topological polar surface area (TPSA) is 24.9 Å². The van der Waals surface area contributed by atoms with Gasteiger partial charge in [-0.05, 0) is 27.4 Å². The van der Waals surface area contributed by atoms with Gasteiger partial charge in [-0.3, -0.25) is 9.80 Å². The third-order valence-electron chi connectivity index (χ3n) is 3.62. The van der Waals surface area contributed by atoms with Crippen molar-refractivity contribution in [3.05, 3.63) is 20.8 Å². The second-order valence-corrected chi connectivity index (χ2v) is 6.79. The molecule has 0 spiro atoms. The predicted octanol–water partition coefficient (Wildman–Crippen LogP) is 2.00. The monoisotopic (exact) mass is 346 g/mol. The second-order valence-electron chi connectivity index (χ2n) is 4.94. The van der Waals surface area contributed by atoms with Crippen LogP contribution in [0.15, 0.2) is 15.9 Å². The van der Waals surface area contributed by atoms with Gasteiger partial charge in [0.2, 0.25) is 0 Å². The number of ether oxygens (including phenoxy) is 2. The number of hydrogen-bond acceptors (Lipinski definition) is 5. The second kappa shape index (κ2) is 6.65. The van der Waals surface area contributed by atoms with Crippen LogP contribution in [0.1, 0.15) is 4.88 Å². The minimum absolute atomic E-state index is 0.00186. The van der Waals surface area contributed by atoms with Crippen LogP contribution in [0.4, 0.5) is 0 Å². The van der Waals surface area contributed by atoms with Gasteiger partial charge in [-0.1, -0.05) is 0 Å². The van der Waals surface area contributed by atoms with E-state index in [4.69, 9.17) is 9.47 Å². The highest BCUT2D eigenvalue weighted by molar-refractivity contribution is 9.10. The zero-order valence-corrected chi connectivity index (χ0v) is 13.3. The molecular weight excluding hydrogens is 328 g/mol. The summed E-state index contributed by atoms with van der Waals surface area (Å²) in [6.45, 7) is 7.92. The van der Waals surface area contributed by atoms with Crippen molar-refractivity contribution in [2.45, 2.75) is 12.8 Å². The Kier molecular flexibility index (Phi) is 4.89. The van der Waals surface area contributed by atoms with Crippen LogP contribution in [0.2, 0.25) is 0 Å². The van der Waals surface area contributed by atoms with Crippen LogP contribution < -0.4 is 0 Å². The van der Waals surface area contributed by atoms with Gasteiger partial charge in [-0.15, -0.1) is 11.3 Å². The molecule has 2 aliphatic heterocycles. The van der Waals surface area contributed by atoms with Gasteiger partial charge in [0.15, 0.2) is 6.29 Å². The van der Waals surface area contributed by atoms with Crippen LogP contribution in [0.3, 0.4) is 0 Å². The molecule has 0 amide bonds. The van der Waals surface area contributed by atoms with Gasteiger partial charge >= 0.3 is 0 Å². The SMILES string of the molecule is Brc1ccsc1CN1CCN(CC2OCCO2)CC1. The fraction of sp³-hybridized carbons (Fsp3) is 0.692. The van der Waals surface area contributed by atoms with E-state index in [2.05, 4.69) is 37.2 Å². The summed E-state index contributed by atoms with van der Waals surface area (Å²) < 4.78 is 12.2. The van der Waals surface area contributed by atoms with Crippen molar-refractivity contribution in [2.24, 2.45) is 0 Å². The van der Waals surface area contributed by atoms with Gasteiger partial charge in [-0.2, -0.15) is 0 Å². The lowest BCUT2D eigenvalue weighted by Crippen LogP contribution is -2.48. The third kappa shape index (κ3) is 3.77. The average molecular weight is 347 g/mol. The molecule has 6 heteroatoms. The summed E-state index contributed by atoms with van der Waals surface area (Å²) in [5, 5.41) is 2.14. The summed E-state index contributed by atoms with van der Waals surface area (Å²) in [5.41, 5.74) is 0. The summed E-state index contributed by atoms with van der Waals surface area (Å²) >= 11 is 5.43. The molecule has 106 valence electrons. The number of hydrogen-bond donors (Lipinski definition) is 0. The molecule has 19 heavy (non-hydrogen) atoms. The predicted molar refractivity (Wildman–Crippen MR) is 79.4 cm³/mol. The molecule has 4 nitrogen and oxygen atoms in total. The Morgan fingerprint density at radius 2 is 1.84 bits per heavy atom. The Bertz CT molecular complexity index is 401.